The third-order valence-electron chi connectivity index (χ3n) is 3.57. The van der Waals surface area contributed by atoms with Crippen LogP contribution in [0.2, 0.25) is 0 Å². The number of rotatable bonds is 6. The molecular formula is C14H22N2O3S. The van der Waals surface area contributed by atoms with Crippen molar-refractivity contribution in [3.05, 3.63) is 24.3 Å². The van der Waals surface area contributed by atoms with Crippen molar-refractivity contribution in [3.8, 4) is 5.75 Å². The SMILES string of the molecule is Nc1ccccc1OCCNS(=O)(=O)C1CCCCC1. The van der Waals surface area contributed by atoms with Crippen molar-refractivity contribution in [2.24, 2.45) is 0 Å². The lowest BCUT2D eigenvalue weighted by atomic mass is 10.0. The van der Waals surface area contributed by atoms with Crippen molar-refractivity contribution >= 4 is 15.7 Å². The molecule has 0 radical (unpaired) electrons. The molecule has 1 aromatic carbocycles. The summed E-state index contributed by atoms with van der Waals surface area (Å²) in [6.45, 7) is 0.549. The molecule has 0 atom stereocenters. The van der Waals surface area contributed by atoms with Gasteiger partial charge in [-0.05, 0) is 25.0 Å². The molecule has 1 aliphatic rings. The van der Waals surface area contributed by atoms with Crippen LogP contribution in [-0.4, -0.2) is 26.8 Å². The molecule has 1 aliphatic carbocycles. The average Bonchev–Trinajstić information content (AvgIpc) is 2.46. The van der Waals surface area contributed by atoms with Crippen molar-refractivity contribution < 1.29 is 13.2 Å². The monoisotopic (exact) mass is 298 g/mol. The summed E-state index contributed by atoms with van der Waals surface area (Å²) < 4.78 is 32.2. The van der Waals surface area contributed by atoms with Crippen LogP contribution in [-0.2, 0) is 10.0 Å². The molecule has 112 valence electrons. The zero-order chi connectivity index (χ0) is 14.4. The summed E-state index contributed by atoms with van der Waals surface area (Å²) in [7, 11) is -3.21. The van der Waals surface area contributed by atoms with Crippen molar-refractivity contribution in [3.63, 3.8) is 0 Å². The summed E-state index contributed by atoms with van der Waals surface area (Å²) in [6.07, 6.45) is 4.68. The number of hydrogen-bond acceptors (Lipinski definition) is 4. The summed E-state index contributed by atoms with van der Waals surface area (Å²) >= 11 is 0. The molecule has 1 aromatic rings. The first-order valence-electron chi connectivity index (χ1n) is 7.05. The van der Waals surface area contributed by atoms with E-state index in [1.54, 1.807) is 12.1 Å². The van der Waals surface area contributed by atoms with E-state index in [0.29, 0.717) is 11.4 Å². The summed E-state index contributed by atoms with van der Waals surface area (Å²) in [4.78, 5) is 0. The number of sulfonamides is 1. The van der Waals surface area contributed by atoms with Crippen LogP contribution in [0.3, 0.4) is 0 Å². The quantitative estimate of drug-likeness (QED) is 0.621. The van der Waals surface area contributed by atoms with E-state index in [1.807, 2.05) is 12.1 Å². The number of para-hydroxylation sites is 2. The fourth-order valence-corrected chi connectivity index (χ4v) is 4.01. The summed E-state index contributed by atoms with van der Waals surface area (Å²) in [5.74, 6) is 0.587. The van der Waals surface area contributed by atoms with E-state index in [0.717, 1.165) is 32.1 Å². The van der Waals surface area contributed by atoms with E-state index in [1.165, 1.54) is 0 Å². The van der Waals surface area contributed by atoms with Crippen molar-refractivity contribution in [1.82, 2.24) is 4.72 Å². The van der Waals surface area contributed by atoms with Crippen LogP contribution < -0.4 is 15.2 Å². The highest BCUT2D eigenvalue weighted by Gasteiger charge is 2.26. The van der Waals surface area contributed by atoms with Gasteiger partial charge in [0.05, 0.1) is 10.9 Å². The first kappa shape index (κ1) is 15.1. The van der Waals surface area contributed by atoms with Gasteiger partial charge >= 0.3 is 0 Å². The lowest BCUT2D eigenvalue weighted by Crippen LogP contribution is -2.37. The van der Waals surface area contributed by atoms with Gasteiger partial charge in [0.15, 0.2) is 0 Å². The number of hydrogen-bond donors (Lipinski definition) is 2. The van der Waals surface area contributed by atoms with E-state index in [2.05, 4.69) is 4.72 Å². The lowest BCUT2D eigenvalue weighted by Gasteiger charge is -2.22. The van der Waals surface area contributed by atoms with Gasteiger partial charge in [-0.3, -0.25) is 0 Å². The molecular weight excluding hydrogens is 276 g/mol. The van der Waals surface area contributed by atoms with Gasteiger partial charge in [-0.1, -0.05) is 31.4 Å². The number of nitrogens with two attached hydrogens (primary N) is 1. The standard InChI is InChI=1S/C14H22N2O3S/c15-13-8-4-5-9-14(13)19-11-10-16-20(17,18)12-6-2-1-3-7-12/h4-5,8-9,12,16H,1-3,6-7,10-11,15H2. The van der Waals surface area contributed by atoms with Gasteiger partial charge in [-0.15, -0.1) is 0 Å². The maximum atomic E-state index is 12.1. The molecule has 2 rings (SSSR count). The van der Waals surface area contributed by atoms with Crippen molar-refractivity contribution in [1.29, 1.82) is 0 Å². The van der Waals surface area contributed by atoms with Crippen LogP contribution >= 0.6 is 0 Å². The molecule has 0 spiro atoms. The van der Waals surface area contributed by atoms with E-state index < -0.39 is 10.0 Å². The maximum absolute atomic E-state index is 12.1. The minimum absolute atomic E-state index is 0.238. The van der Waals surface area contributed by atoms with Crippen LogP contribution in [0.4, 0.5) is 5.69 Å². The first-order chi connectivity index (χ1) is 9.59. The third-order valence-corrected chi connectivity index (χ3v) is 5.53. The molecule has 5 nitrogen and oxygen atoms in total. The van der Waals surface area contributed by atoms with Gasteiger partial charge in [0.2, 0.25) is 10.0 Å². The predicted octanol–water partition coefficient (Wildman–Crippen LogP) is 1.90. The second-order valence-corrected chi connectivity index (χ2v) is 7.13. The summed E-state index contributed by atoms with van der Waals surface area (Å²) in [5.41, 5.74) is 6.30. The third kappa shape index (κ3) is 4.11. The Morgan fingerprint density at radius 1 is 1.20 bits per heavy atom. The van der Waals surface area contributed by atoms with E-state index >= 15 is 0 Å². The first-order valence-corrected chi connectivity index (χ1v) is 8.60. The normalized spacial score (nSPS) is 17.0. The fraction of sp³-hybridized carbons (Fsp3) is 0.571. The zero-order valence-electron chi connectivity index (χ0n) is 11.5. The Balaban J connectivity index is 1.76. The average molecular weight is 298 g/mol. The van der Waals surface area contributed by atoms with E-state index in [4.69, 9.17) is 10.5 Å². The second kappa shape index (κ2) is 6.95. The van der Waals surface area contributed by atoms with E-state index in [9.17, 15) is 8.42 Å². The van der Waals surface area contributed by atoms with Gasteiger partial charge in [0.1, 0.15) is 12.4 Å². The maximum Gasteiger partial charge on any atom is 0.214 e. The Hall–Kier alpha value is -1.27. The minimum Gasteiger partial charge on any atom is -0.490 e. The van der Waals surface area contributed by atoms with Gasteiger partial charge < -0.3 is 10.5 Å². The minimum atomic E-state index is -3.21. The highest BCUT2D eigenvalue weighted by Crippen LogP contribution is 2.23. The lowest BCUT2D eigenvalue weighted by molar-refractivity contribution is 0.324. The molecule has 1 saturated carbocycles. The molecule has 0 aliphatic heterocycles. The smallest absolute Gasteiger partial charge is 0.214 e. The van der Waals surface area contributed by atoms with Crippen LogP contribution in [0.25, 0.3) is 0 Å². The molecule has 0 heterocycles. The molecule has 3 N–H and O–H groups in total. The molecule has 20 heavy (non-hydrogen) atoms. The zero-order valence-corrected chi connectivity index (χ0v) is 12.4. The van der Waals surface area contributed by atoms with Crippen LogP contribution in [0, 0.1) is 0 Å². The molecule has 0 saturated heterocycles. The Labute approximate surface area is 120 Å². The summed E-state index contributed by atoms with van der Waals surface area (Å²) in [6, 6.07) is 7.18. The summed E-state index contributed by atoms with van der Waals surface area (Å²) in [5, 5.41) is -0.238. The molecule has 0 amide bonds. The second-order valence-electron chi connectivity index (χ2n) is 5.09. The van der Waals surface area contributed by atoms with Crippen molar-refractivity contribution in [2.75, 3.05) is 18.9 Å². The molecule has 0 unspecified atom stereocenters. The molecule has 0 bridgehead atoms. The molecule has 6 heteroatoms. The Bertz CT molecular complexity index is 525. The van der Waals surface area contributed by atoms with Crippen LogP contribution in [0.1, 0.15) is 32.1 Å². The topological polar surface area (TPSA) is 81.4 Å². The van der Waals surface area contributed by atoms with Gasteiger partial charge in [0.25, 0.3) is 0 Å². The largest absolute Gasteiger partial charge is 0.490 e. The van der Waals surface area contributed by atoms with Crippen molar-refractivity contribution in [2.45, 2.75) is 37.4 Å². The number of ether oxygens (including phenoxy) is 1. The molecule has 1 fully saturated rings. The Morgan fingerprint density at radius 2 is 1.90 bits per heavy atom. The number of anilines is 1. The highest BCUT2D eigenvalue weighted by atomic mass is 32.2. The fourth-order valence-electron chi connectivity index (χ4n) is 2.45. The molecule has 0 aromatic heterocycles. The Morgan fingerprint density at radius 3 is 2.60 bits per heavy atom. The van der Waals surface area contributed by atoms with Gasteiger partial charge in [-0.2, -0.15) is 0 Å². The predicted molar refractivity (Wildman–Crippen MR) is 80.1 cm³/mol. The van der Waals surface area contributed by atoms with Gasteiger partial charge in [0, 0.05) is 6.54 Å². The van der Waals surface area contributed by atoms with Crippen LogP contribution in [0.15, 0.2) is 24.3 Å². The number of nitrogen functional groups attached to an aromatic ring is 1. The number of nitrogens with one attached hydrogen (secondary N) is 1. The van der Waals surface area contributed by atoms with Crippen LogP contribution in [0.5, 0.6) is 5.75 Å². The van der Waals surface area contributed by atoms with Gasteiger partial charge in [-0.25, -0.2) is 13.1 Å². The van der Waals surface area contributed by atoms with E-state index in [-0.39, 0.29) is 18.4 Å². The number of benzene rings is 1. The Kier molecular flexibility index (Phi) is 5.25. The highest BCUT2D eigenvalue weighted by molar-refractivity contribution is 7.90.